The molecule has 0 bridgehead atoms. The van der Waals surface area contributed by atoms with E-state index in [9.17, 15) is 5.41 Å². The second-order valence-electron chi connectivity index (χ2n) is 14.5. The van der Waals surface area contributed by atoms with Gasteiger partial charge in [-0.3, -0.25) is 15.3 Å². The zero-order valence-corrected chi connectivity index (χ0v) is 27.1. The molecule has 4 aliphatic rings. The molecule has 1 aromatic carbocycles. The molecular weight excluding hydrogens is 518 g/mol. The van der Waals surface area contributed by atoms with Crippen LogP contribution in [-0.4, -0.2) is 95.0 Å². The maximum atomic E-state index is 9.49. The summed E-state index contributed by atoms with van der Waals surface area (Å²) in [6.45, 7) is 15.3. The van der Waals surface area contributed by atoms with Crippen molar-refractivity contribution in [3.05, 3.63) is 35.9 Å². The Morgan fingerprint density at radius 2 is 1.71 bits per heavy atom. The molecular formula is C35H59N7. The molecule has 0 unspecified atom stereocenters. The zero-order chi connectivity index (χ0) is 29.6. The summed E-state index contributed by atoms with van der Waals surface area (Å²) in [5, 5.41) is 9.49. The molecule has 234 valence electrons. The van der Waals surface area contributed by atoms with Crippen LogP contribution in [0.1, 0.15) is 91.0 Å². The van der Waals surface area contributed by atoms with Crippen molar-refractivity contribution in [1.82, 2.24) is 19.6 Å². The second kappa shape index (κ2) is 14.5. The third kappa shape index (κ3) is 7.62. The van der Waals surface area contributed by atoms with Crippen LogP contribution in [0.15, 0.2) is 35.3 Å². The number of rotatable bonds is 14. The lowest BCUT2D eigenvalue weighted by Crippen LogP contribution is -2.53. The Morgan fingerprint density at radius 1 is 0.952 bits per heavy atom. The smallest absolute Gasteiger partial charge is 0.194 e. The molecule has 4 atom stereocenters. The molecule has 0 radical (unpaired) electrons. The minimum atomic E-state index is 0.340. The highest BCUT2D eigenvalue weighted by Gasteiger charge is 2.41. The van der Waals surface area contributed by atoms with Crippen molar-refractivity contribution >= 4 is 11.9 Å². The van der Waals surface area contributed by atoms with Crippen molar-refractivity contribution < 1.29 is 0 Å². The molecule has 0 spiro atoms. The summed E-state index contributed by atoms with van der Waals surface area (Å²) in [7, 11) is 0. The minimum Gasteiger partial charge on any atom is -0.370 e. The standard InChI is InChI=1S/C35H59N7/c1-26(2)20-31-22-38-34(36)41(31)23-30-17-11-18-39(30)25-33(27(3)4)42-24-32(21-29-14-6-5-7-15-29)40(35(42)37)19-10-16-28-12-8-9-13-28/h5-7,14-15,26-28,30-33,37H,8-13,16-25H2,1-4H3,(H2,36,38)/t30-,31+,32+,33-/m0/s1. The minimum absolute atomic E-state index is 0.340. The van der Waals surface area contributed by atoms with Gasteiger partial charge in [-0.1, -0.05) is 83.7 Å². The number of nitrogens with one attached hydrogen (secondary N) is 1. The van der Waals surface area contributed by atoms with Crippen molar-refractivity contribution in [2.75, 3.05) is 39.3 Å². The van der Waals surface area contributed by atoms with Gasteiger partial charge in [0.2, 0.25) is 0 Å². The topological polar surface area (TPSA) is 75.2 Å². The van der Waals surface area contributed by atoms with E-state index in [2.05, 4.69) is 82.6 Å². The summed E-state index contributed by atoms with van der Waals surface area (Å²) < 4.78 is 0. The summed E-state index contributed by atoms with van der Waals surface area (Å²) in [4.78, 5) is 14.7. The van der Waals surface area contributed by atoms with Crippen LogP contribution in [0, 0.1) is 23.2 Å². The molecule has 42 heavy (non-hydrogen) atoms. The number of hydrogen-bond acceptors (Lipinski definition) is 5. The molecule has 7 nitrogen and oxygen atoms in total. The van der Waals surface area contributed by atoms with Crippen LogP contribution in [0.3, 0.4) is 0 Å². The summed E-state index contributed by atoms with van der Waals surface area (Å²) in [6.07, 6.45) is 12.8. The first-order valence-electron chi connectivity index (χ1n) is 17.3. The van der Waals surface area contributed by atoms with Gasteiger partial charge in [0.05, 0.1) is 18.6 Å². The van der Waals surface area contributed by atoms with E-state index in [-0.39, 0.29) is 0 Å². The van der Waals surface area contributed by atoms with Crippen LogP contribution in [-0.2, 0) is 6.42 Å². The van der Waals surface area contributed by atoms with Crippen LogP contribution in [0.4, 0.5) is 0 Å². The van der Waals surface area contributed by atoms with Gasteiger partial charge >= 0.3 is 0 Å². The fourth-order valence-electron chi connectivity index (χ4n) is 8.28. The third-order valence-electron chi connectivity index (χ3n) is 10.6. The Morgan fingerprint density at radius 3 is 2.43 bits per heavy atom. The molecule has 3 aliphatic heterocycles. The number of likely N-dealkylation sites (tertiary alicyclic amines) is 1. The molecule has 3 fully saturated rings. The first-order chi connectivity index (χ1) is 20.3. The van der Waals surface area contributed by atoms with Gasteiger partial charge in [0.15, 0.2) is 11.9 Å². The zero-order valence-electron chi connectivity index (χ0n) is 27.1. The van der Waals surface area contributed by atoms with Gasteiger partial charge in [-0.25, -0.2) is 0 Å². The van der Waals surface area contributed by atoms with Crippen molar-refractivity contribution in [3.63, 3.8) is 0 Å². The highest BCUT2D eigenvalue weighted by molar-refractivity contribution is 5.80. The quantitative estimate of drug-likeness (QED) is 0.299. The first-order valence-corrected chi connectivity index (χ1v) is 17.3. The van der Waals surface area contributed by atoms with Gasteiger partial charge < -0.3 is 20.4 Å². The molecule has 1 saturated carbocycles. The highest BCUT2D eigenvalue weighted by Crippen LogP contribution is 2.31. The highest BCUT2D eigenvalue weighted by atomic mass is 15.5. The average Bonchev–Trinajstić information content (AvgIpc) is 3.76. The van der Waals surface area contributed by atoms with Crippen LogP contribution in [0.5, 0.6) is 0 Å². The molecule has 5 rings (SSSR count). The molecule has 3 N–H and O–H groups in total. The predicted molar refractivity (Wildman–Crippen MR) is 176 cm³/mol. The normalized spacial score (nSPS) is 26.4. The lowest BCUT2D eigenvalue weighted by Gasteiger charge is -2.39. The van der Waals surface area contributed by atoms with E-state index in [1.54, 1.807) is 0 Å². The maximum Gasteiger partial charge on any atom is 0.194 e. The molecule has 2 saturated heterocycles. The van der Waals surface area contributed by atoms with E-state index in [4.69, 9.17) is 5.73 Å². The number of hydrogen-bond donors (Lipinski definition) is 2. The lowest BCUT2D eigenvalue weighted by atomic mass is 10.00. The van der Waals surface area contributed by atoms with Crippen LogP contribution < -0.4 is 5.73 Å². The third-order valence-corrected chi connectivity index (χ3v) is 10.6. The summed E-state index contributed by atoms with van der Waals surface area (Å²) >= 11 is 0. The van der Waals surface area contributed by atoms with Gasteiger partial charge in [0.1, 0.15) is 0 Å². The largest absolute Gasteiger partial charge is 0.370 e. The van der Waals surface area contributed by atoms with Crippen molar-refractivity contribution in [3.8, 4) is 0 Å². The van der Waals surface area contributed by atoms with Crippen LogP contribution in [0.2, 0.25) is 0 Å². The van der Waals surface area contributed by atoms with Gasteiger partial charge in [-0.15, -0.1) is 0 Å². The Bertz CT molecular complexity index is 1020. The molecule has 1 aliphatic carbocycles. The first kappa shape index (κ1) is 31.2. The average molecular weight is 578 g/mol. The van der Waals surface area contributed by atoms with Gasteiger partial charge in [0, 0.05) is 38.3 Å². The summed E-state index contributed by atoms with van der Waals surface area (Å²) in [5.41, 5.74) is 7.81. The fraction of sp³-hybridized carbons (Fsp3) is 0.771. The summed E-state index contributed by atoms with van der Waals surface area (Å²) in [6, 6.07) is 12.6. The van der Waals surface area contributed by atoms with Gasteiger partial charge in [-0.05, 0) is 68.4 Å². The fourth-order valence-corrected chi connectivity index (χ4v) is 8.28. The van der Waals surface area contributed by atoms with Crippen molar-refractivity contribution in [2.45, 2.75) is 116 Å². The number of guanidine groups is 2. The van der Waals surface area contributed by atoms with Crippen molar-refractivity contribution in [2.24, 2.45) is 28.5 Å². The van der Waals surface area contributed by atoms with Crippen LogP contribution >= 0.6 is 0 Å². The Hall–Kier alpha value is -2.28. The Kier molecular flexibility index (Phi) is 10.7. The van der Waals surface area contributed by atoms with E-state index in [0.717, 1.165) is 69.9 Å². The predicted octanol–water partition coefficient (Wildman–Crippen LogP) is 5.65. The van der Waals surface area contributed by atoms with E-state index in [0.29, 0.717) is 36.0 Å². The summed E-state index contributed by atoms with van der Waals surface area (Å²) in [5.74, 6) is 3.55. The van der Waals surface area contributed by atoms with Crippen molar-refractivity contribution in [1.29, 1.82) is 5.41 Å². The Balaban J connectivity index is 1.26. The maximum absolute atomic E-state index is 9.49. The number of aliphatic imine (C=N–C) groups is 1. The molecule has 0 amide bonds. The molecule has 3 heterocycles. The molecule has 7 heteroatoms. The van der Waals surface area contributed by atoms with Gasteiger partial charge in [0.25, 0.3) is 0 Å². The van der Waals surface area contributed by atoms with E-state index < -0.39 is 0 Å². The second-order valence-corrected chi connectivity index (χ2v) is 14.5. The van der Waals surface area contributed by atoms with Gasteiger partial charge in [-0.2, -0.15) is 0 Å². The monoisotopic (exact) mass is 577 g/mol. The van der Waals surface area contributed by atoms with E-state index >= 15 is 0 Å². The van der Waals surface area contributed by atoms with Crippen LogP contribution in [0.25, 0.3) is 0 Å². The Labute approximate surface area is 256 Å². The van der Waals surface area contributed by atoms with E-state index in [1.807, 2.05) is 0 Å². The van der Waals surface area contributed by atoms with E-state index in [1.165, 1.54) is 56.9 Å². The number of nitrogens with zero attached hydrogens (tertiary/aromatic N) is 5. The SMILES string of the molecule is CC(C)C[C@@H]1CN=C(N)N1C[C@@H]1CCCN1C[C@@H](C(C)C)N1C[C@@H](Cc2ccccc2)N(CCCC2CCCC2)C1=N. The lowest BCUT2D eigenvalue weighted by molar-refractivity contribution is 0.134. The molecule has 1 aromatic rings. The number of nitrogens with two attached hydrogens (primary N) is 1. The molecule has 0 aromatic heterocycles. The number of benzene rings is 1.